The van der Waals surface area contributed by atoms with Crippen molar-refractivity contribution in [2.24, 2.45) is 0 Å². The molecule has 0 radical (unpaired) electrons. The van der Waals surface area contributed by atoms with Gasteiger partial charge in [0, 0.05) is 6.54 Å². The molecule has 2 N–H and O–H groups in total. The SMILES string of the molecule is Oc1ccc(CNC(c2ccccc2)c2ccco2)nc1. The predicted octanol–water partition coefficient (Wildman–Crippen LogP) is 3.26. The van der Waals surface area contributed by atoms with Gasteiger partial charge in [0.05, 0.1) is 24.2 Å². The smallest absolute Gasteiger partial charge is 0.133 e. The van der Waals surface area contributed by atoms with E-state index >= 15 is 0 Å². The van der Waals surface area contributed by atoms with Crippen molar-refractivity contribution in [3.63, 3.8) is 0 Å². The summed E-state index contributed by atoms with van der Waals surface area (Å²) in [6.45, 7) is 0.584. The van der Waals surface area contributed by atoms with Gasteiger partial charge in [-0.05, 0) is 29.8 Å². The fourth-order valence-corrected chi connectivity index (χ4v) is 2.21. The van der Waals surface area contributed by atoms with Gasteiger partial charge in [0.1, 0.15) is 11.5 Å². The summed E-state index contributed by atoms with van der Waals surface area (Å²) >= 11 is 0. The van der Waals surface area contributed by atoms with Crippen molar-refractivity contribution in [1.29, 1.82) is 0 Å². The van der Waals surface area contributed by atoms with E-state index in [2.05, 4.69) is 22.4 Å². The van der Waals surface area contributed by atoms with Gasteiger partial charge in [-0.3, -0.25) is 10.3 Å². The van der Waals surface area contributed by atoms with E-state index in [4.69, 9.17) is 4.42 Å². The van der Waals surface area contributed by atoms with Gasteiger partial charge in [-0.2, -0.15) is 0 Å². The van der Waals surface area contributed by atoms with Crippen LogP contribution in [0.15, 0.2) is 71.5 Å². The Labute approximate surface area is 123 Å². The molecule has 21 heavy (non-hydrogen) atoms. The third-order valence-electron chi connectivity index (χ3n) is 3.26. The summed E-state index contributed by atoms with van der Waals surface area (Å²) in [6, 6.07) is 17.4. The Morgan fingerprint density at radius 3 is 2.57 bits per heavy atom. The maximum atomic E-state index is 9.26. The van der Waals surface area contributed by atoms with Gasteiger partial charge in [-0.1, -0.05) is 30.3 Å². The summed E-state index contributed by atoms with van der Waals surface area (Å²) in [5.41, 5.74) is 1.99. The highest BCUT2D eigenvalue weighted by atomic mass is 16.3. The molecule has 106 valence electrons. The number of hydrogen-bond acceptors (Lipinski definition) is 4. The van der Waals surface area contributed by atoms with E-state index in [1.165, 1.54) is 6.20 Å². The highest BCUT2D eigenvalue weighted by molar-refractivity contribution is 5.26. The van der Waals surface area contributed by atoms with E-state index < -0.39 is 0 Å². The fraction of sp³-hybridized carbons (Fsp3) is 0.118. The normalized spacial score (nSPS) is 12.2. The second kappa shape index (κ2) is 6.24. The van der Waals surface area contributed by atoms with Gasteiger partial charge in [0.15, 0.2) is 0 Å². The number of aromatic hydroxyl groups is 1. The van der Waals surface area contributed by atoms with Crippen molar-refractivity contribution in [2.45, 2.75) is 12.6 Å². The molecule has 0 saturated heterocycles. The van der Waals surface area contributed by atoms with Crippen molar-refractivity contribution in [3.8, 4) is 5.75 Å². The van der Waals surface area contributed by atoms with Crippen LogP contribution in [0.2, 0.25) is 0 Å². The molecule has 2 heterocycles. The zero-order valence-corrected chi connectivity index (χ0v) is 11.4. The highest BCUT2D eigenvalue weighted by Crippen LogP contribution is 2.22. The van der Waals surface area contributed by atoms with Crippen LogP contribution in [0, 0.1) is 0 Å². The summed E-state index contributed by atoms with van der Waals surface area (Å²) in [5, 5.41) is 12.7. The molecule has 0 bridgehead atoms. The summed E-state index contributed by atoms with van der Waals surface area (Å²) < 4.78 is 5.53. The second-order valence-corrected chi connectivity index (χ2v) is 4.75. The van der Waals surface area contributed by atoms with Gasteiger partial charge in [-0.25, -0.2) is 0 Å². The third kappa shape index (κ3) is 3.30. The van der Waals surface area contributed by atoms with Gasteiger partial charge in [-0.15, -0.1) is 0 Å². The molecule has 3 aromatic rings. The highest BCUT2D eigenvalue weighted by Gasteiger charge is 2.16. The Kier molecular flexibility index (Phi) is 3.98. The van der Waals surface area contributed by atoms with Crippen LogP contribution in [0.3, 0.4) is 0 Å². The van der Waals surface area contributed by atoms with Gasteiger partial charge >= 0.3 is 0 Å². The summed E-state index contributed by atoms with van der Waals surface area (Å²) in [5.74, 6) is 1.03. The zero-order valence-electron chi connectivity index (χ0n) is 11.4. The summed E-state index contributed by atoms with van der Waals surface area (Å²) in [7, 11) is 0. The molecule has 4 heteroatoms. The topological polar surface area (TPSA) is 58.3 Å². The maximum Gasteiger partial charge on any atom is 0.133 e. The van der Waals surface area contributed by atoms with Crippen molar-refractivity contribution in [1.82, 2.24) is 10.3 Å². The molecule has 0 aliphatic heterocycles. The number of furan rings is 1. The van der Waals surface area contributed by atoms with Crippen molar-refractivity contribution < 1.29 is 9.52 Å². The molecule has 2 aromatic heterocycles. The lowest BCUT2D eigenvalue weighted by Gasteiger charge is -2.17. The average molecular weight is 280 g/mol. The Balaban J connectivity index is 1.78. The van der Waals surface area contributed by atoms with Crippen LogP contribution in [0.25, 0.3) is 0 Å². The first-order valence-electron chi connectivity index (χ1n) is 6.78. The predicted molar refractivity (Wildman–Crippen MR) is 79.7 cm³/mol. The summed E-state index contributed by atoms with van der Waals surface area (Å²) in [4.78, 5) is 4.18. The van der Waals surface area contributed by atoms with Crippen LogP contribution >= 0.6 is 0 Å². The number of rotatable bonds is 5. The largest absolute Gasteiger partial charge is 0.506 e. The minimum Gasteiger partial charge on any atom is -0.506 e. The summed E-state index contributed by atoms with van der Waals surface area (Å²) in [6.07, 6.45) is 3.12. The quantitative estimate of drug-likeness (QED) is 0.753. The van der Waals surface area contributed by atoms with Crippen LogP contribution in [-0.4, -0.2) is 10.1 Å². The van der Waals surface area contributed by atoms with E-state index in [0.29, 0.717) is 6.54 Å². The number of benzene rings is 1. The second-order valence-electron chi connectivity index (χ2n) is 4.75. The van der Waals surface area contributed by atoms with Crippen LogP contribution < -0.4 is 5.32 Å². The Morgan fingerprint density at radius 1 is 1.05 bits per heavy atom. The molecule has 3 rings (SSSR count). The van der Waals surface area contributed by atoms with Gasteiger partial charge in [0.25, 0.3) is 0 Å². The van der Waals surface area contributed by atoms with Gasteiger partial charge in [0.2, 0.25) is 0 Å². The third-order valence-corrected chi connectivity index (χ3v) is 3.26. The number of nitrogens with zero attached hydrogens (tertiary/aromatic N) is 1. The van der Waals surface area contributed by atoms with E-state index in [9.17, 15) is 5.11 Å². The maximum absolute atomic E-state index is 9.26. The lowest BCUT2D eigenvalue weighted by molar-refractivity contribution is 0.443. The van der Waals surface area contributed by atoms with E-state index in [1.807, 2.05) is 30.3 Å². The van der Waals surface area contributed by atoms with Crippen LogP contribution in [0.5, 0.6) is 5.75 Å². The number of hydrogen-bond donors (Lipinski definition) is 2. The van der Waals surface area contributed by atoms with E-state index in [0.717, 1.165) is 17.0 Å². The first-order chi connectivity index (χ1) is 10.3. The molecule has 0 fully saturated rings. The Morgan fingerprint density at radius 2 is 1.90 bits per heavy atom. The Hall–Kier alpha value is -2.59. The molecule has 1 aromatic carbocycles. The van der Waals surface area contributed by atoms with E-state index in [-0.39, 0.29) is 11.8 Å². The van der Waals surface area contributed by atoms with Crippen molar-refractivity contribution in [2.75, 3.05) is 0 Å². The Bertz CT molecular complexity index is 664. The van der Waals surface area contributed by atoms with Gasteiger partial charge < -0.3 is 9.52 Å². The van der Waals surface area contributed by atoms with Crippen LogP contribution in [-0.2, 0) is 6.54 Å². The first kappa shape index (κ1) is 13.4. The first-order valence-corrected chi connectivity index (χ1v) is 6.78. The molecular weight excluding hydrogens is 264 g/mol. The molecule has 0 spiro atoms. The zero-order chi connectivity index (χ0) is 14.5. The molecule has 1 atom stereocenters. The van der Waals surface area contributed by atoms with Crippen LogP contribution in [0.4, 0.5) is 0 Å². The number of aromatic nitrogens is 1. The fourth-order valence-electron chi connectivity index (χ4n) is 2.21. The lowest BCUT2D eigenvalue weighted by atomic mass is 10.0. The lowest BCUT2D eigenvalue weighted by Crippen LogP contribution is -2.22. The monoisotopic (exact) mass is 280 g/mol. The van der Waals surface area contributed by atoms with E-state index in [1.54, 1.807) is 18.4 Å². The average Bonchev–Trinajstić information content (AvgIpc) is 3.05. The minimum atomic E-state index is -0.0307. The molecule has 0 amide bonds. The van der Waals surface area contributed by atoms with Crippen LogP contribution in [0.1, 0.15) is 23.1 Å². The standard InChI is InChI=1S/C17H16N2O2/c20-15-9-8-14(18-12-15)11-19-17(16-7-4-10-21-16)13-5-2-1-3-6-13/h1-10,12,17,19-20H,11H2. The molecule has 0 aliphatic carbocycles. The molecule has 4 nitrogen and oxygen atoms in total. The van der Waals surface area contributed by atoms with Crippen molar-refractivity contribution >= 4 is 0 Å². The van der Waals surface area contributed by atoms with Crippen molar-refractivity contribution in [3.05, 3.63) is 84.1 Å². The number of nitrogens with one attached hydrogen (secondary N) is 1. The molecular formula is C17H16N2O2. The molecule has 0 saturated carbocycles. The minimum absolute atomic E-state index is 0.0307. The number of pyridine rings is 1. The molecule has 1 unspecified atom stereocenters. The molecule has 0 aliphatic rings.